The summed E-state index contributed by atoms with van der Waals surface area (Å²) in [6, 6.07) is 16.8. The summed E-state index contributed by atoms with van der Waals surface area (Å²) in [6.07, 6.45) is 1.35. The molecular weight excluding hydrogens is 484 g/mol. The Hall–Kier alpha value is -4.43. The molecule has 3 aromatic carbocycles. The van der Waals surface area contributed by atoms with E-state index in [-0.39, 0.29) is 23.7 Å². The van der Waals surface area contributed by atoms with Crippen LogP contribution in [-0.2, 0) is 9.59 Å². The Bertz CT molecular complexity index is 1380. The molecule has 0 bridgehead atoms. The van der Waals surface area contributed by atoms with Gasteiger partial charge >= 0.3 is 12.0 Å². The smallest absolute Gasteiger partial charge is 0.343 e. The molecule has 0 atom stereocenters. The van der Waals surface area contributed by atoms with E-state index in [9.17, 15) is 19.2 Å². The summed E-state index contributed by atoms with van der Waals surface area (Å²) in [5.74, 6) is -1.78. The minimum Gasteiger partial charge on any atom is -0.490 e. The van der Waals surface area contributed by atoms with Gasteiger partial charge in [0, 0.05) is 5.02 Å². The van der Waals surface area contributed by atoms with Crippen LogP contribution in [0, 0.1) is 6.92 Å². The number of hydrogen-bond donors (Lipinski definition) is 1. The first-order chi connectivity index (χ1) is 17.3. The molecule has 0 radical (unpaired) electrons. The molecule has 0 aliphatic carbocycles. The summed E-state index contributed by atoms with van der Waals surface area (Å²) in [5, 5.41) is 2.68. The normalized spacial score (nSPS) is 14.6. The van der Waals surface area contributed by atoms with Crippen LogP contribution in [0.2, 0.25) is 5.02 Å². The summed E-state index contributed by atoms with van der Waals surface area (Å²) < 4.78 is 11.1. The van der Waals surface area contributed by atoms with E-state index in [1.165, 1.54) is 30.3 Å². The summed E-state index contributed by atoms with van der Waals surface area (Å²) in [5.41, 5.74) is 1.79. The van der Waals surface area contributed by atoms with Crippen LogP contribution in [0.25, 0.3) is 6.08 Å². The lowest BCUT2D eigenvalue weighted by Gasteiger charge is -2.26. The Kier molecular flexibility index (Phi) is 7.17. The lowest BCUT2D eigenvalue weighted by atomic mass is 10.1. The van der Waals surface area contributed by atoms with Gasteiger partial charge in [0.05, 0.1) is 17.9 Å². The van der Waals surface area contributed by atoms with Crippen LogP contribution >= 0.6 is 11.6 Å². The molecule has 1 N–H and O–H groups in total. The fourth-order valence-corrected chi connectivity index (χ4v) is 3.59. The molecule has 1 heterocycles. The number of nitrogens with zero attached hydrogens (tertiary/aromatic N) is 1. The van der Waals surface area contributed by atoms with E-state index in [1.807, 2.05) is 6.92 Å². The third kappa shape index (κ3) is 5.29. The minimum atomic E-state index is -0.828. The molecule has 9 heteroatoms. The molecule has 1 aliphatic heterocycles. The van der Waals surface area contributed by atoms with Crippen LogP contribution in [0.15, 0.2) is 72.3 Å². The number of barbiturate groups is 1. The van der Waals surface area contributed by atoms with Gasteiger partial charge < -0.3 is 9.47 Å². The van der Waals surface area contributed by atoms with Gasteiger partial charge in [0.1, 0.15) is 5.57 Å². The molecule has 8 nitrogen and oxygen atoms in total. The zero-order valence-electron chi connectivity index (χ0n) is 19.4. The average molecular weight is 505 g/mol. The number of nitrogens with one attached hydrogen (secondary N) is 1. The van der Waals surface area contributed by atoms with Crippen LogP contribution < -0.4 is 19.7 Å². The van der Waals surface area contributed by atoms with E-state index in [1.54, 1.807) is 49.4 Å². The molecule has 36 heavy (non-hydrogen) atoms. The predicted molar refractivity (Wildman–Crippen MR) is 134 cm³/mol. The molecule has 1 aliphatic rings. The van der Waals surface area contributed by atoms with E-state index in [0.717, 1.165) is 10.5 Å². The quantitative estimate of drug-likeness (QED) is 0.221. The van der Waals surface area contributed by atoms with Crippen molar-refractivity contribution in [1.82, 2.24) is 5.32 Å². The van der Waals surface area contributed by atoms with Gasteiger partial charge in [0.15, 0.2) is 11.5 Å². The summed E-state index contributed by atoms with van der Waals surface area (Å²) in [7, 11) is 0. The number of anilines is 1. The third-order valence-corrected chi connectivity index (χ3v) is 5.51. The van der Waals surface area contributed by atoms with E-state index in [0.29, 0.717) is 21.8 Å². The van der Waals surface area contributed by atoms with Crippen LogP contribution in [0.1, 0.15) is 28.4 Å². The van der Waals surface area contributed by atoms with E-state index < -0.39 is 23.8 Å². The van der Waals surface area contributed by atoms with Crippen molar-refractivity contribution in [3.63, 3.8) is 0 Å². The van der Waals surface area contributed by atoms with Crippen LogP contribution in [0.4, 0.5) is 10.5 Å². The lowest BCUT2D eigenvalue weighted by molar-refractivity contribution is -0.122. The number of carbonyl (C=O) groups excluding carboxylic acids is 4. The van der Waals surface area contributed by atoms with Gasteiger partial charge in [-0.1, -0.05) is 35.4 Å². The molecule has 0 spiro atoms. The number of aryl methyl sites for hydroxylation is 1. The number of urea groups is 1. The second kappa shape index (κ2) is 10.5. The Morgan fingerprint density at radius 2 is 1.67 bits per heavy atom. The second-order valence-corrected chi connectivity index (χ2v) is 8.27. The molecule has 0 aromatic heterocycles. The molecule has 0 saturated carbocycles. The SMILES string of the molecule is CCOc1cc(/C=C2\C(=O)NC(=O)N(c3ccc(C)cc3)C2=O)ccc1OC(=O)c1ccc(Cl)cc1. The fraction of sp³-hybridized carbons (Fsp3) is 0.111. The largest absolute Gasteiger partial charge is 0.490 e. The van der Waals surface area contributed by atoms with E-state index >= 15 is 0 Å². The van der Waals surface area contributed by atoms with Crippen molar-refractivity contribution >= 4 is 47.2 Å². The van der Waals surface area contributed by atoms with Crippen LogP contribution in [0.3, 0.4) is 0 Å². The van der Waals surface area contributed by atoms with Crippen molar-refractivity contribution in [2.75, 3.05) is 11.5 Å². The number of carbonyl (C=O) groups is 4. The topological polar surface area (TPSA) is 102 Å². The first kappa shape index (κ1) is 24.7. The lowest BCUT2D eigenvalue weighted by Crippen LogP contribution is -2.54. The van der Waals surface area contributed by atoms with Gasteiger partial charge in [0.2, 0.25) is 0 Å². The van der Waals surface area contributed by atoms with Gasteiger partial charge in [-0.15, -0.1) is 0 Å². The molecule has 182 valence electrons. The zero-order chi connectivity index (χ0) is 25.8. The van der Waals surface area contributed by atoms with E-state index in [2.05, 4.69) is 5.32 Å². The number of esters is 1. The average Bonchev–Trinajstić information content (AvgIpc) is 2.85. The van der Waals surface area contributed by atoms with E-state index in [4.69, 9.17) is 21.1 Å². The summed E-state index contributed by atoms with van der Waals surface area (Å²) in [6.45, 7) is 3.92. The number of hydrogen-bond acceptors (Lipinski definition) is 6. The first-order valence-corrected chi connectivity index (χ1v) is 11.4. The highest BCUT2D eigenvalue weighted by atomic mass is 35.5. The molecular formula is C27H21ClN2O6. The fourth-order valence-electron chi connectivity index (χ4n) is 3.46. The van der Waals surface area contributed by atoms with Crippen molar-refractivity contribution in [3.05, 3.63) is 94.0 Å². The number of imide groups is 2. The monoisotopic (exact) mass is 504 g/mol. The Balaban J connectivity index is 1.63. The van der Waals surface area contributed by atoms with Crippen LogP contribution in [0.5, 0.6) is 11.5 Å². The maximum Gasteiger partial charge on any atom is 0.343 e. The number of halogens is 1. The molecule has 1 saturated heterocycles. The maximum atomic E-state index is 13.1. The standard InChI is InChI=1S/C27H21ClN2O6/c1-3-35-23-15-17(6-13-22(23)36-26(33)18-7-9-19(28)10-8-18)14-21-24(31)29-27(34)30(25(21)32)20-11-4-16(2)5-12-20/h4-15H,3H2,1-2H3,(H,29,31,34)/b21-14+. The maximum absolute atomic E-state index is 13.1. The van der Waals surface area contributed by atoms with Crippen molar-refractivity contribution in [3.8, 4) is 11.5 Å². The van der Waals surface area contributed by atoms with Gasteiger partial charge in [-0.2, -0.15) is 0 Å². The second-order valence-electron chi connectivity index (χ2n) is 7.83. The molecule has 1 fully saturated rings. The highest BCUT2D eigenvalue weighted by molar-refractivity contribution is 6.39. The Labute approximate surface area is 212 Å². The van der Waals surface area contributed by atoms with Crippen molar-refractivity contribution in [2.45, 2.75) is 13.8 Å². The van der Waals surface area contributed by atoms with Crippen molar-refractivity contribution in [2.24, 2.45) is 0 Å². The number of amides is 4. The number of ether oxygens (including phenoxy) is 2. The zero-order valence-corrected chi connectivity index (χ0v) is 20.2. The van der Waals surface area contributed by atoms with Gasteiger partial charge in [-0.3, -0.25) is 14.9 Å². The van der Waals surface area contributed by atoms with Gasteiger partial charge in [-0.25, -0.2) is 14.5 Å². The first-order valence-electron chi connectivity index (χ1n) is 11.0. The summed E-state index contributed by atoms with van der Waals surface area (Å²) in [4.78, 5) is 51.4. The molecule has 4 amide bonds. The highest BCUT2D eigenvalue weighted by Gasteiger charge is 2.36. The molecule has 4 rings (SSSR count). The minimum absolute atomic E-state index is 0.162. The molecule has 0 unspecified atom stereocenters. The van der Waals surface area contributed by atoms with Crippen molar-refractivity contribution < 1.29 is 28.7 Å². The predicted octanol–water partition coefficient (Wildman–Crippen LogP) is 4.93. The summed E-state index contributed by atoms with van der Waals surface area (Å²) >= 11 is 5.87. The Morgan fingerprint density at radius 1 is 0.972 bits per heavy atom. The number of benzene rings is 3. The third-order valence-electron chi connectivity index (χ3n) is 5.26. The molecule has 3 aromatic rings. The Morgan fingerprint density at radius 3 is 2.33 bits per heavy atom. The highest BCUT2D eigenvalue weighted by Crippen LogP contribution is 2.31. The van der Waals surface area contributed by atoms with Gasteiger partial charge in [0.25, 0.3) is 11.8 Å². The van der Waals surface area contributed by atoms with Crippen molar-refractivity contribution in [1.29, 1.82) is 0 Å². The number of rotatable bonds is 6. The van der Waals surface area contributed by atoms with Gasteiger partial charge in [-0.05, 0) is 74.0 Å². The van der Waals surface area contributed by atoms with Crippen LogP contribution in [-0.4, -0.2) is 30.4 Å².